The van der Waals surface area contributed by atoms with Gasteiger partial charge in [-0.25, -0.2) is 9.78 Å². The average Bonchev–Trinajstić information content (AvgIpc) is 2.94. The first-order valence-electron chi connectivity index (χ1n) is 9.05. The lowest BCUT2D eigenvalue weighted by Crippen LogP contribution is -2.21. The maximum atomic E-state index is 10.6. The minimum atomic E-state index is -5.08. The third kappa shape index (κ3) is 13.4. The number of hydrogen-bond donors (Lipinski definition) is 1. The summed E-state index contributed by atoms with van der Waals surface area (Å²) < 4.78 is 33.9. The Balaban J connectivity index is 0.000000697. The van der Waals surface area contributed by atoms with E-state index in [2.05, 4.69) is 23.5 Å². The largest absolute Gasteiger partial charge is 0.490 e. The molecule has 0 amide bonds. The second-order valence-corrected chi connectivity index (χ2v) is 6.19. The van der Waals surface area contributed by atoms with Crippen LogP contribution in [0, 0.1) is 0 Å². The molecule has 0 saturated heterocycles. The molecule has 1 N–H and O–H groups in total. The van der Waals surface area contributed by atoms with E-state index in [4.69, 9.17) is 9.90 Å². The number of unbranched alkanes of at least 4 members (excludes halogenated alkanes) is 9. The van der Waals surface area contributed by atoms with Gasteiger partial charge in [-0.2, -0.15) is 13.2 Å². The van der Waals surface area contributed by atoms with Gasteiger partial charge in [-0.15, -0.1) is 0 Å². The standard InChI is InChI=1S/C16H30N2.C2HF3O2/c1-3-4-5-6-7-8-9-10-11-12-13-16-17-14-15-18(16)2;3-2(4,5)1(6)7/h14-15H,3-13H2,1-2H3;(H,6,7). The number of hydrogen-bond acceptors (Lipinski definition) is 2. The molecule has 0 aliphatic carbocycles. The molecule has 1 heterocycles. The molecule has 25 heavy (non-hydrogen) atoms. The zero-order chi connectivity index (χ0) is 19.1. The van der Waals surface area contributed by atoms with Crippen LogP contribution in [0.4, 0.5) is 13.2 Å². The lowest BCUT2D eigenvalue weighted by Gasteiger charge is -2.03. The first-order valence-corrected chi connectivity index (χ1v) is 9.05. The molecular weight excluding hydrogens is 333 g/mol. The molecular formula is C18H31F3N2O2. The molecule has 0 radical (unpaired) electrons. The number of halogens is 3. The van der Waals surface area contributed by atoms with Crippen LogP contribution in [0.2, 0.25) is 0 Å². The van der Waals surface area contributed by atoms with Crippen LogP contribution in [0.25, 0.3) is 0 Å². The molecule has 1 aromatic rings. The van der Waals surface area contributed by atoms with E-state index in [1.54, 1.807) is 0 Å². The van der Waals surface area contributed by atoms with Crippen LogP contribution in [0.3, 0.4) is 0 Å². The molecule has 0 atom stereocenters. The fourth-order valence-electron chi connectivity index (χ4n) is 2.41. The highest BCUT2D eigenvalue weighted by atomic mass is 19.4. The van der Waals surface area contributed by atoms with Gasteiger partial charge in [0, 0.05) is 25.9 Å². The molecule has 4 nitrogen and oxygen atoms in total. The van der Waals surface area contributed by atoms with Gasteiger partial charge in [0.1, 0.15) is 5.82 Å². The van der Waals surface area contributed by atoms with Crippen molar-refractivity contribution in [3.63, 3.8) is 0 Å². The number of rotatable bonds is 11. The fourth-order valence-corrected chi connectivity index (χ4v) is 2.41. The van der Waals surface area contributed by atoms with Gasteiger partial charge in [0.15, 0.2) is 0 Å². The second-order valence-electron chi connectivity index (χ2n) is 6.19. The molecule has 0 spiro atoms. The van der Waals surface area contributed by atoms with E-state index in [0.29, 0.717) is 0 Å². The second kappa shape index (κ2) is 13.7. The van der Waals surface area contributed by atoms with Gasteiger partial charge in [0.2, 0.25) is 0 Å². The molecule has 0 fully saturated rings. The average molecular weight is 364 g/mol. The lowest BCUT2D eigenvalue weighted by atomic mass is 10.1. The van der Waals surface area contributed by atoms with Crippen molar-refractivity contribution in [3.05, 3.63) is 18.2 Å². The summed E-state index contributed by atoms with van der Waals surface area (Å²) in [7, 11) is 2.08. The van der Waals surface area contributed by atoms with E-state index < -0.39 is 12.1 Å². The number of carboxylic acid groups (broad SMARTS) is 1. The van der Waals surface area contributed by atoms with E-state index in [0.717, 1.165) is 6.42 Å². The highest BCUT2D eigenvalue weighted by Crippen LogP contribution is 2.13. The van der Waals surface area contributed by atoms with Gasteiger partial charge in [-0.05, 0) is 6.42 Å². The number of carboxylic acids is 1. The Morgan fingerprint density at radius 1 is 1.04 bits per heavy atom. The van der Waals surface area contributed by atoms with Crippen molar-refractivity contribution in [2.75, 3.05) is 0 Å². The van der Waals surface area contributed by atoms with Gasteiger partial charge in [-0.1, -0.05) is 64.7 Å². The molecule has 1 rings (SSSR count). The van der Waals surface area contributed by atoms with E-state index in [1.807, 2.05) is 12.4 Å². The van der Waals surface area contributed by atoms with Crippen LogP contribution in [-0.4, -0.2) is 26.8 Å². The summed E-state index contributed by atoms with van der Waals surface area (Å²) in [5, 5.41) is 7.12. The van der Waals surface area contributed by atoms with Gasteiger partial charge < -0.3 is 9.67 Å². The quantitative estimate of drug-likeness (QED) is 0.526. The van der Waals surface area contributed by atoms with Crippen LogP contribution < -0.4 is 0 Å². The maximum Gasteiger partial charge on any atom is 0.490 e. The van der Waals surface area contributed by atoms with Gasteiger partial charge in [0.05, 0.1) is 0 Å². The number of carbonyl (C=O) groups is 1. The normalized spacial score (nSPS) is 11.1. The zero-order valence-corrected chi connectivity index (χ0v) is 15.3. The minimum absolute atomic E-state index is 1.14. The summed E-state index contributed by atoms with van der Waals surface area (Å²) in [5.74, 6) is -1.53. The number of alkyl halides is 3. The van der Waals surface area contributed by atoms with Crippen molar-refractivity contribution in [1.82, 2.24) is 9.55 Å². The third-order valence-corrected chi connectivity index (χ3v) is 3.92. The predicted molar refractivity (Wildman–Crippen MR) is 92.4 cm³/mol. The molecule has 0 saturated carbocycles. The Bertz CT molecular complexity index is 459. The number of aliphatic carboxylic acids is 1. The molecule has 0 aromatic carbocycles. The van der Waals surface area contributed by atoms with E-state index >= 15 is 0 Å². The molecule has 0 aliphatic rings. The van der Waals surface area contributed by atoms with Crippen molar-refractivity contribution in [1.29, 1.82) is 0 Å². The summed E-state index contributed by atoms with van der Waals surface area (Å²) in [4.78, 5) is 13.3. The van der Waals surface area contributed by atoms with Crippen LogP contribution >= 0.6 is 0 Å². The van der Waals surface area contributed by atoms with E-state index in [9.17, 15) is 13.2 Å². The summed E-state index contributed by atoms with van der Waals surface area (Å²) in [5.41, 5.74) is 0. The molecule has 1 aromatic heterocycles. The van der Waals surface area contributed by atoms with Crippen molar-refractivity contribution < 1.29 is 23.1 Å². The molecule has 0 unspecified atom stereocenters. The fraction of sp³-hybridized carbons (Fsp3) is 0.778. The van der Waals surface area contributed by atoms with Crippen LogP contribution in [0.5, 0.6) is 0 Å². The van der Waals surface area contributed by atoms with Crippen molar-refractivity contribution in [2.45, 2.75) is 83.7 Å². The highest BCUT2D eigenvalue weighted by molar-refractivity contribution is 5.73. The van der Waals surface area contributed by atoms with E-state index in [1.165, 1.54) is 70.0 Å². The Hall–Kier alpha value is -1.53. The Morgan fingerprint density at radius 3 is 1.84 bits per heavy atom. The first kappa shape index (κ1) is 23.5. The van der Waals surface area contributed by atoms with Crippen LogP contribution in [0.1, 0.15) is 77.0 Å². The molecule has 146 valence electrons. The van der Waals surface area contributed by atoms with E-state index in [-0.39, 0.29) is 0 Å². The Kier molecular flexibility index (Phi) is 12.9. The summed E-state index contributed by atoms with van der Waals surface area (Å²) in [6.45, 7) is 2.28. The lowest BCUT2D eigenvalue weighted by molar-refractivity contribution is -0.192. The van der Waals surface area contributed by atoms with Crippen LogP contribution in [0.15, 0.2) is 12.4 Å². The Morgan fingerprint density at radius 2 is 1.48 bits per heavy atom. The zero-order valence-electron chi connectivity index (χ0n) is 15.3. The monoisotopic (exact) mass is 364 g/mol. The topological polar surface area (TPSA) is 55.1 Å². The van der Waals surface area contributed by atoms with Gasteiger partial charge in [-0.3, -0.25) is 0 Å². The molecule has 0 bridgehead atoms. The van der Waals surface area contributed by atoms with Gasteiger partial charge in [0.25, 0.3) is 0 Å². The Labute approximate surface area is 148 Å². The number of imidazole rings is 1. The van der Waals surface area contributed by atoms with Crippen molar-refractivity contribution >= 4 is 5.97 Å². The minimum Gasteiger partial charge on any atom is -0.475 e. The SMILES string of the molecule is CCCCCCCCCCCCc1nccn1C.O=C(O)C(F)(F)F. The molecule has 0 aliphatic heterocycles. The predicted octanol–water partition coefficient (Wildman–Crippen LogP) is 5.52. The van der Waals surface area contributed by atoms with Crippen molar-refractivity contribution in [2.24, 2.45) is 7.05 Å². The maximum absolute atomic E-state index is 10.6. The summed E-state index contributed by atoms with van der Waals surface area (Å²) in [6, 6.07) is 0. The van der Waals surface area contributed by atoms with Crippen molar-refractivity contribution in [3.8, 4) is 0 Å². The first-order chi connectivity index (χ1) is 11.8. The summed E-state index contributed by atoms with van der Waals surface area (Å²) in [6.07, 6.45) is 14.0. The third-order valence-electron chi connectivity index (χ3n) is 3.92. The molecule has 7 heteroatoms. The smallest absolute Gasteiger partial charge is 0.475 e. The summed E-state index contributed by atoms with van der Waals surface area (Å²) >= 11 is 0. The number of aromatic nitrogens is 2. The van der Waals surface area contributed by atoms with Gasteiger partial charge >= 0.3 is 12.1 Å². The number of nitrogens with zero attached hydrogens (tertiary/aromatic N) is 2. The van der Waals surface area contributed by atoms with Crippen LogP contribution in [-0.2, 0) is 18.3 Å². The highest BCUT2D eigenvalue weighted by Gasteiger charge is 2.38. The number of aryl methyl sites for hydroxylation is 2.